The zero-order valence-corrected chi connectivity index (χ0v) is 30.0. The van der Waals surface area contributed by atoms with Gasteiger partial charge in [0.2, 0.25) is 0 Å². The molecule has 1 saturated carbocycles. The molecular formula is C30H36BrN2O6SU-. The van der Waals surface area contributed by atoms with Gasteiger partial charge in [0.1, 0.15) is 22.8 Å². The van der Waals surface area contributed by atoms with Gasteiger partial charge >= 0.3 is 0 Å². The van der Waals surface area contributed by atoms with Crippen LogP contribution in [0, 0.1) is 31.1 Å². The average Bonchev–Trinajstić information content (AvgIpc) is 3.45. The van der Waals surface area contributed by atoms with Gasteiger partial charge in [0, 0.05) is 73.8 Å². The molecule has 3 aliphatic rings. The van der Waals surface area contributed by atoms with Crippen LogP contribution in [0.15, 0.2) is 71.2 Å². The molecule has 0 bridgehead atoms. The zero-order chi connectivity index (χ0) is 28.8. The minimum atomic E-state index is -1.23. The fraction of sp³-hybridized carbons (Fsp3) is 0.400. The molecule has 0 aromatic heterocycles. The number of halogens is 1. The van der Waals surface area contributed by atoms with E-state index in [-0.39, 0.29) is 37.0 Å². The first-order chi connectivity index (χ1) is 19.5. The van der Waals surface area contributed by atoms with Crippen LogP contribution in [0.3, 0.4) is 0 Å². The van der Waals surface area contributed by atoms with Crippen molar-refractivity contribution in [2.75, 3.05) is 47.6 Å². The molecule has 220 valence electrons. The summed E-state index contributed by atoms with van der Waals surface area (Å²) in [6.07, 6.45) is 1.36. The number of aliphatic hydroxyl groups is 2. The van der Waals surface area contributed by atoms with Crippen molar-refractivity contribution in [1.82, 2.24) is 4.31 Å². The Morgan fingerprint density at radius 1 is 1.00 bits per heavy atom. The van der Waals surface area contributed by atoms with Crippen molar-refractivity contribution in [3.63, 3.8) is 0 Å². The molecule has 41 heavy (non-hydrogen) atoms. The molecule has 1 aliphatic carbocycles. The number of nitrogens with one attached hydrogen (secondary N) is 1. The first-order valence-electron chi connectivity index (χ1n) is 13.1. The Kier molecular flexibility index (Phi) is 12.9. The zero-order valence-electron chi connectivity index (χ0n) is 23.4. The number of nitrogens with zero attached hydrogens (tertiary/aromatic N) is 1. The van der Waals surface area contributed by atoms with Gasteiger partial charge in [-0.05, 0) is 36.1 Å². The molecule has 0 spiro atoms. The molecule has 1 saturated heterocycles. The van der Waals surface area contributed by atoms with E-state index in [0.717, 1.165) is 67.6 Å². The SMILES string of the molecule is CO.COc1cc(OC)c2c(c1)OC1(c3ccc(Br)cc3)C(c3ccccc3)CCC21O.[NH-]SN1CCOCC1.[U]. The summed E-state index contributed by atoms with van der Waals surface area (Å²) in [5.41, 5.74) is 0.602. The van der Waals surface area contributed by atoms with E-state index < -0.39 is 11.2 Å². The number of ether oxygens (including phenoxy) is 4. The van der Waals surface area contributed by atoms with Crippen molar-refractivity contribution in [2.45, 2.75) is 30.0 Å². The first kappa shape index (κ1) is 34.2. The Morgan fingerprint density at radius 3 is 2.22 bits per heavy atom. The first-order valence-corrected chi connectivity index (χ1v) is 14.6. The predicted molar refractivity (Wildman–Crippen MR) is 161 cm³/mol. The third-order valence-corrected chi connectivity index (χ3v) is 8.81. The second-order valence-corrected chi connectivity index (χ2v) is 11.2. The molecule has 11 heteroatoms. The summed E-state index contributed by atoms with van der Waals surface area (Å²) in [6, 6.07) is 22.0. The van der Waals surface area contributed by atoms with Gasteiger partial charge in [-0.2, -0.15) is 0 Å². The minimum Gasteiger partial charge on any atom is -0.607 e. The predicted octanol–water partition coefficient (Wildman–Crippen LogP) is 6.06. The van der Waals surface area contributed by atoms with Gasteiger partial charge in [-0.1, -0.05) is 58.4 Å². The number of fused-ring (bicyclic) bond motifs is 3. The summed E-state index contributed by atoms with van der Waals surface area (Å²) in [7, 11) is 4.23. The van der Waals surface area contributed by atoms with Gasteiger partial charge in [0.05, 0.1) is 33.0 Å². The Bertz CT molecular complexity index is 1250. The van der Waals surface area contributed by atoms with Crippen molar-refractivity contribution in [1.29, 1.82) is 0 Å². The number of rotatable bonds is 5. The summed E-state index contributed by atoms with van der Waals surface area (Å²) >= 11 is 4.58. The number of benzene rings is 3. The summed E-state index contributed by atoms with van der Waals surface area (Å²) in [6.45, 7) is 3.36. The van der Waals surface area contributed by atoms with Gasteiger partial charge in [0.15, 0.2) is 5.60 Å². The van der Waals surface area contributed by atoms with E-state index in [1.165, 1.54) is 0 Å². The van der Waals surface area contributed by atoms with Gasteiger partial charge in [-0.25, -0.2) is 12.1 Å². The molecule has 0 amide bonds. The number of aliphatic hydroxyl groups excluding tert-OH is 1. The Labute approximate surface area is 278 Å². The van der Waals surface area contributed by atoms with E-state index in [1.807, 2.05) is 58.9 Å². The molecule has 3 N–H and O–H groups in total. The molecule has 2 heterocycles. The smallest absolute Gasteiger partial charge is 0.174 e. The second-order valence-electron chi connectivity index (χ2n) is 9.54. The van der Waals surface area contributed by atoms with Crippen molar-refractivity contribution >= 4 is 28.1 Å². The third-order valence-electron chi connectivity index (χ3n) is 7.65. The molecule has 2 fully saturated rings. The van der Waals surface area contributed by atoms with E-state index in [9.17, 15) is 5.11 Å². The maximum absolute atomic E-state index is 12.3. The van der Waals surface area contributed by atoms with E-state index in [4.69, 9.17) is 29.2 Å². The maximum Gasteiger partial charge on any atom is 0.174 e. The van der Waals surface area contributed by atoms with Crippen molar-refractivity contribution < 1.29 is 60.3 Å². The quantitative estimate of drug-likeness (QED) is 0.299. The summed E-state index contributed by atoms with van der Waals surface area (Å²) in [5, 5.41) is 26.2. The maximum atomic E-state index is 12.3. The van der Waals surface area contributed by atoms with E-state index in [1.54, 1.807) is 14.2 Å². The van der Waals surface area contributed by atoms with E-state index in [0.29, 0.717) is 29.2 Å². The molecule has 8 nitrogen and oxygen atoms in total. The van der Waals surface area contributed by atoms with Crippen molar-refractivity contribution in [3.05, 3.63) is 93.0 Å². The molecule has 2 aliphatic heterocycles. The van der Waals surface area contributed by atoms with Crippen LogP contribution in [-0.2, 0) is 15.9 Å². The van der Waals surface area contributed by atoms with Crippen molar-refractivity contribution in [2.24, 2.45) is 0 Å². The number of hydrogen-bond acceptors (Lipinski definition) is 8. The van der Waals surface area contributed by atoms with Crippen LogP contribution in [0.25, 0.3) is 5.14 Å². The monoisotopic (exact) mass is 869 g/mol. The van der Waals surface area contributed by atoms with Crippen LogP contribution in [0.1, 0.15) is 35.4 Å². The van der Waals surface area contributed by atoms with Gasteiger partial charge < -0.3 is 34.3 Å². The Hall–Kier alpha value is -1.26. The number of methoxy groups -OCH3 is 2. The molecular weight excluding hydrogens is 834 g/mol. The molecule has 6 rings (SSSR count). The fourth-order valence-electron chi connectivity index (χ4n) is 5.92. The van der Waals surface area contributed by atoms with E-state index >= 15 is 0 Å². The number of hydrogen-bond donors (Lipinski definition) is 2. The van der Waals surface area contributed by atoms with Crippen LogP contribution in [0.4, 0.5) is 0 Å². The Morgan fingerprint density at radius 2 is 1.66 bits per heavy atom. The standard InChI is InChI=1S/C25H23BrO4.C4H9N2OS.CH4O.U/c1-28-19-14-21(29-2)23-22(15-19)30-25(17-8-10-18(26)11-9-17)20(12-13-24(23,25)27)16-6-4-3-5-7-16;5-8-6-1-3-7-4-2-6;1-2;/h3-11,14-15,20,27H,12-13H2,1-2H3;5H,1-4H2;2H,1H3;/q;-1;;. The Balaban J connectivity index is 0.000000361. The molecule has 3 aromatic rings. The van der Waals surface area contributed by atoms with Crippen LogP contribution in [0.2, 0.25) is 0 Å². The van der Waals surface area contributed by atoms with Crippen LogP contribution in [-0.4, -0.2) is 62.2 Å². The van der Waals surface area contributed by atoms with Crippen molar-refractivity contribution in [3.8, 4) is 17.2 Å². The fourth-order valence-corrected chi connectivity index (χ4v) is 6.52. The van der Waals surface area contributed by atoms with Gasteiger partial charge in [0.25, 0.3) is 0 Å². The van der Waals surface area contributed by atoms with Gasteiger partial charge in [-0.3, -0.25) is 4.31 Å². The largest absolute Gasteiger partial charge is 0.607 e. The molecule has 3 unspecified atom stereocenters. The summed E-state index contributed by atoms with van der Waals surface area (Å²) in [5.74, 6) is 1.81. The number of morpholine rings is 1. The normalized spacial score (nSPS) is 24.2. The summed E-state index contributed by atoms with van der Waals surface area (Å²) in [4.78, 5) is 0. The second kappa shape index (κ2) is 15.5. The molecule has 0 radical (unpaired) electrons. The average molecular weight is 871 g/mol. The van der Waals surface area contributed by atoms with Crippen LogP contribution in [0.5, 0.6) is 17.2 Å². The third kappa shape index (κ3) is 6.64. The topological polar surface area (TPSA) is 104 Å². The van der Waals surface area contributed by atoms with Gasteiger partial charge in [-0.15, -0.1) is 0 Å². The van der Waals surface area contributed by atoms with Crippen LogP contribution >= 0.6 is 28.1 Å². The van der Waals surface area contributed by atoms with Crippen LogP contribution < -0.4 is 14.2 Å². The summed E-state index contributed by atoms with van der Waals surface area (Å²) < 4.78 is 25.9. The minimum absolute atomic E-state index is 0. The molecule has 3 atom stereocenters. The molecule has 3 aromatic carbocycles. The van der Waals surface area contributed by atoms with E-state index in [2.05, 4.69) is 28.1 Å².